The summed E-state index contributed by atoms with van der Waals surface area (Å²) < 4.78 is 0. The van der Waals surface area contributed by atoms with E-state index in [1.807, 2.05) is 0 Å². The van der Waals surface area contributed by atoms with E-state index in [9.17, 15) is 0 Å². The molecule has 11 rings (SSSR count). The summed E-state index contributed by atoms with van der Waals surface area (Å²) in [6.45, 7) is 0. The molecule has 0 aliphatic heterocycles. The monoisotopic (exact) mass is 606 g/mol. The lowest BCUT2D eigenvalue weighted by atomic mass is 9.78. The number of benzene rings is 8. The minimum Gasteiger partial charge on any atom is -0.0836 e. The Kier molecular flexibility index (Phi) is 5.32. The Morgan fingerprint density at radius 3 is 1.88 bits per heavy atom. The smallest absolute Gasteiger partial charge is 0.00682 e. The third-order valence-corrected chi connectivity index (χ3v) is 11.1. The van der Waals surface area contributed by atoms with Gasteiger partial charge in [-0.05, 0) is 117 Å². The molecule has 0 aromatic heterocycles. The Balaban J connectivity index is 1.27. The van der Waals surface area contributed by atoms with Gasteiger partial charge < -0.3 is 0 Å². The van der Waals surface area contributed by atoms with Crippen LogP contribution in [0.3, 0.4) is 0 Å². The molecule has 0 N–H and O–H groups in total. The van der Waals surface area contributed by atoms with Crippen molar-refractivity contribution >= 4 is 32.3 Å². The van der Waals surface area contributed by atoms with Gasteiger partial charge in [-0.25, -0.2) is 0 Å². The average molecular weight is 607 g/mol. The van der Waals surface area contributed by atoms with Gasteiger partial charge in [0.05, 0.1) is 0 Å². The molecule has 1 unspecified atom stereocenters. The Hall–Kier alpha value is -5.98. The van der Waals surface area contributed by atoms with Crippen LogP contribution in [-0.2, 0) is 0 Å². The lowest BCUT2D eigenvalue weighted by Gasteiger charge is -2.25. The summed E-state index contributed by atoms with van der Waals surface area (Å²) in [5.41, 5.74) is 17.5. The Morgan fingerprint density at radius 1 is 0.396 bits per heavy atom. The standard InChI is InChI=1S/C48H30/c1-3-12-30(13-4-1)44-39-25-24-32(33-26-27-38-35-19-8-7-18-34(35)37-21-11-20-36(33)46(37)38)28-42(39)45(31-14-5-2-6-15-31)48-41-23-10-17-29-16-9-22-40(43(29)41)47(44)48/h1-14,16-28,31H,15H2. The molecular formula is C48H30. The number of rotatable bonds is 3. The average Bonchev–Trinajstić information content (AvgIpc) is 3.66. The molecule has 0 fully saturated rings. The number of hydrogen-bond donors (Lipinski definition) is 0. The van der Waals surface area contributed by atoms with E-state index in [4.69, 9.17) is 0 Å². The summed E-state index contributed by atoms with van der Waals surface area (Å²) >= 11 is 0. The largest absolute Gasteiger partial charge is 0.0836 e. The molecule has 222 valence electrons. The summed E-state index contributed by atoms with van der Waals surface area (Å²) in [5.74, 6) is 0.290. The van der Waals surface area contributed by atoms with E-state index >= 15 is 0 Å². The van der Waals surface area contributed by atoms with Crippen molar-refractivity contribution in [3.63, 3.8) is 0 Å². The van der Waals surface area contributed by atoms with Gasteiger partial charge in [-0.3, -0.25) is 0 Å². The van der Waals surface area contributed by atoms with Crippen molar-refractivity contribution in [2.24, 2.45) is 0 Å². The second-order valence-electron chi connectivity index (χ2n) is 13.5. The fraction of sp³-hybridized carbons (Fsp3) is 0.0417. The van der Waals surface area contributed by atoms with Crippen LogP contribution in [0.2, 0.25) is 0 Å². The molecule has 3 aliphatic carbocycles. The van der Waals surface area contributed by atoms with Gasteiger partial charge in [0.15, 0.2) is 0 Å². The van der Waals surface area contributed by atoms with E-state index in [1.54, 1.807) is 0 Å². The quantitative estimate of drug-likeness (QED) is 0.188. The maximum absolute atomic E-state index is 2.51. The van der Waals surface area contributed by atoms with Crippen molar-refractivity contribution in [1.82, 2.24) is 0 Å². The van der Waals surface area contributed by atoms with Crippen molar-refractivity contribution in [3.8, 4) is 66.8 Å². The molecule has 0 saturated carbocycles. The van der Waals surface area contributed by atoms with E-state index in [2.05, 4.69) is 164 Å². The molecule has 0 heterocycles. The van der Waals surface area contributed by atoms with E-state index in [1.165, 1.54) is 105 Å². The van der Waals surface area contributed by atoms with Gasteiger partial charge in [-0.1, -0.05) is 158 Å². The molecule has 0 bridgehead atoms. The zero-order valence-corrected chi connectivity index (χ0v) is 26.4. The van der Waals surface area contributed by atoms with Crippen molar-refractivity contribution < 1.29 is 0 Å². The maximum Gasteiger partial charge on any atom is 0.00682 e. The van der Waals surface area contributed by atoms with Gasteiger partial charge in [0.25, 0.3) is 0 Å². The number of allylic oxidation sites excluding steroid dienone is 4. The van der Waals surface area contributed by atoms with Gasteiger partial charge in [-0.2, -0.15) is 0 Å². The van der Waals surface area contributed by atoms with E-state index in [0.29, 0.717) is 0 Å². The van der Waals surface area contributed by atoms with Crippen LogP contribution >= 0.6 is 0 Å². The van der Waals surface area contributed by atoms with Crippen molar-refractivity contribution in [3.05, 3.63) is 169 Å². The summed E-state index contributed by atoms with van der Waals surface area (Å²) in [4.78, 5) is 0. The fourth-order valence-electron chi connectivity index (χ4n) is 9.13. The van der Waals surface area contributed by atoms with Crippen LogP contribution in [0.5, 0.6) is 0 Å². The molecular weight excluding hydrogens is 577 g/mol. The molecule has 1 atom stereocenters. The van der Waals surface area contributed by atoms with Gasteiger partial charge in [-0.15, -0.1) is 0 Å². The lowest BCUT2D eigenvalue weighted by Crippen LogP contribution is -2.03. The molecule has 0 heteroatoms. The van der Waals surface area contributed by atoms with E-state index in [-0.39, 0.29) is 5.92 Å². The molecule has 8 aromatic rings. The first-order chi connectivity index (χ1) is 23.8. The van der Waals surface area contributed by atoms with Crippen LogP contribution in [-0.4, -0.2) is 0 Å². The highest BCUT2D eigenvalue weighted by molar-refractivity contribution is 6.25. The summed E-state index contributed by atoms with van der Waals surface area (Å²) in [6.07, 6.45) is 10.2. The predicted molar refractivity (Wildman–Crippen MR) is 204 cm³/mol. The molecule has 0 spiro atoms. The summed E-state index contributed by atoms with van der Waals surface area (Å²) in [7, 11) is 0. The third kappa shape index (κ3) is 3.44. The highest BCUT2D eigenvalue weighted by Gasteiger charge is 2.32. The first-order valence-corrected chi connectivity index (χ1v) is 17.1. The van der Waals surface area contributed by atoms with Crippen molar-refractivity contribution in [2.45, 2.75) is 12.3 Å². The van der Waals surface area contributed by atoms with Crippen LogP contribution in [0.15, 0.2) is 164 Å². The third-order valence-electron chi connectivity index (χ3n) is 11.1. The van der Waals surface area contributed by atoms with Crippen LogP contribution in [0.1, 0.15) is 17.9 Å². The molecule has 0 nitrogen and oxygen atoms in total. The first-order valence-electron chi connectivity index (χ1n) is 17.1. The van der Waals surface area contributed by atoms with Crippen molar-refractivity contribution in [2.75, 3.05) is 0 Å². The highest BCUT2D eigenvalue weighted by atomic mass is 14.3. The van der Waals surface area contributed by atoms with Crippen LogP contribution in [0.4, 0.5) is 0 Å². The zero-order valence-electron chi connectivity index (χ0n) is 26.4. The van der Waals surface area contributed by atoms with Gasteiger partial charge in [0.2, 0.25) is 0 Å². The summed E-state index contributed by atoms with van der Waals surface area (Å²) in [5, 5.41) is 8.06. The first kappa shape index (κ1) is 26.1. The Labute approximate surface area is 279 Å². The van der Waals surface area contributed by atoms with Crippen LogP contribution < -0.4 is 0 Å². The predicted octanol–water partition coefficient (Wildman–Crippen LogP) is 13.4. The second-order valence-corrected chi connectivity index (χ2v) is 13.5. The molecule has 48 heavy (non-hydrogen) atoms. The summed E-state index contributed by atoms with van der Waals surface area (Å²) in [6, 6.07) is 52.5. The fourth-order valence-corrected chi connectivity index (χ4v) is 9.13. The van der Waals surface area contributed by atoms with Gasteiger partial charge in [0, 0.05) is 5.92 Å². The Bertz CT molecular complexity index is 2700. The molecule has 3 aliphatic rings. The minimum atomic E-state index is 0.290. The normalized spacial score (nSPS) is 15.0. The topological polar surface area (TPSA) is 0 Å². The van der Waals surface area contributed by atoms with E-state index in [0.717, 1.165) is 6.42 Å². The number of fused-ring (bicyclic) bond motifs is 7. The van der Waals surface area contributed by atoms with Crippen LogP contribution in [0, 0.1) is 0 Å². The molecule has 0 radical (unpaired) electrons. The number of hydrogen-bond acceptors (Lipinski definition) is 0. The SMILES string of the molecule is C1=CCC(c2c3c(c(-c4ccccc4)c4ccc(-c5ccc6c7c(cccc57)-c5ccccc5-6)cc24)-c2cccc4cccc-3c24)C=C1. The highest BCUT2D eigenvalue weighted by Crippen LogP contribution is 2.58. The molecule has 0 amide bonds. The van der Waals surface area contributed by atoms with Gasteiger partial charge in [0.1, 0.15) is 0 Å². The Morgan fingerprint density at radius 2 is 1.08 bits per heavy atom. The van der Waals surface area contributed by atoms with Crippen molar-refractivity contribution in [1.29, 1.82) is 0 Å². The lowest BCUT2D eigenvalue weighted by molar-refractivity contribution is 0.865. The second kappa shape index (κ2) is 9.77. The van der Waals surface area contributed by atoms with Gasteiger partial charge >= 0.3 is 0 Å². The zero-order chi connectivity index (χ0) is 31.3. The van der Waals surface area contributed by atoms with E-state index < -0.39 is 0 Å². The minimum absolute atomic E-state index is 0.290. The molecule has 0 saturated heterocycles. The molecule has 8 aromatic carbocycles. The van der Waals surface area contributed by atoms with Crippen LogP contribution in [0.25, 0.3) is 99.1 Å². The maximum atomic E-state index is 2.51.